The smallest absolute Gasteiger partial charge is 0.181 e. The SMILES string of the molecule is COC1CC(O)C(CO)OC1O. The first-order valence-corrected chi connectivity index (χ1v) is 3.84. The summed E-state index contributed by atoms with van der Waals surface area (Å²) in [4.78, 5) is 0. The molecular weight excluding hydrogens is 164 g/mol. The van der Waals surface area contributed by atoms with Gasteiger partial charge in [0.1, 0.15) is 12.2 Å². The minimum Gasteiger partial charge on any atom is -0.394 e. The van der Waals surface area contributed by atoms with Gasteiger partial charge in [0, 0.05) is 13.5 Å². The molecule has 1 aliphatic rings. The second-order valence-electron chi connectivity index (χ2n) is 2.82. The fraction of sp³-hybridized carbons (Fsp3) is 1.00. The summed E-state index contributed by atoms with van der Waals surface area (Å²) in [5, 5.41) is 27.2. The van der Waals surface area contributed by atoms with Crippen molar-refractivity contribution in [1.29, 1.82) is 0 Å². The zero-order chi connectivity index (χ0) is 9.14. The van der Waals surface area contributed by atoms with Gasteiger partial charge in [-0.3, -0.25) is 0 Å². The van der Waals surface area contributed by atoms with Crippen molar-refractivity contribution in [2.75, 3.05) is 13.7 Å². The second-order valence-corrected chi connectivity index (χ2v) is 2.82. The van der Waals surface area contributed by atoms with Gasteiger partial charge in [-0.15, -0.1) is 0 Å². The van der Waals surface area contributed by atoms with Gasteiger partial charge in [0.25, 0.3) is 0 Å². The standard InChI is InChI=1S/C7H14O5/c1-11-5-2-4(9)6(3-8)12-7(5)10/h4-10H,2-3H2,1H3. The van der Waals surface area contributed by atoms with Gasteiger partial charge in [-0.05, 0) is 0 Å². The van der Waals surface area contributed by atoms with E-state index >= 15 is 0 Å². The Balaban J connectivity index is 2.49. The molecule has 1 heterocycles. The lowest BCUT2D eigenvalue weighted by Crippen LogP contribution is -2.49. The molecule has 0 aromatic heterocycles. The highest BCUT2D eigenvalue weighted by Crippen LogP contribution is 2.20. The van der Waals surface area contributed by atoms with E-state index in [1.165, 1.54) is 7.11 Å². The van der Waals surface area contributed by atoms with E-state index < -0.39 is 24.6 Å². The van der Waals surface area contributed by atoms with E-state index in [1.807, 2.05) is 0 Å². The van der Waals surface area contributed by atoms with Gasteiger partial charge in [-0.1, -0.05) is 0 Å². The number of aliphatic hydroxyl groups is 3. The Labute approximate surface area is 70.5 Å². The minimum atomic E-state index is -1.06. The Hall–Kier alpha value is -0.200. The molecule has 1 aliphatic heterocycles. The summed E-state index contributed by atoms with van der Waals surface area (Å²) in [7, 11) is 1.43. The molecule has 0 aromatic rings. The van der Waals surface area contributed by atoms with Crippen LogP contribution < -0.4 is 0 Å². The molecule has 1 saturated heterocycles. The lowest BCUT2D eigenvalue weighted by atomic mass is 10.0. The molecule has 0 bridgehead atoms. The first-order valence-electron chi connectivity index (χ1n) is 3.84. The van der Waals surface area contributed by atoms with Crippen molar-refractivity contribution >= 4 is 0 Å². The quantitative estimate of drug-likeness (QED) is 0.477. The molecule has 0 aliphatic carbocycles. The zero-order valence-electron chi connectivity index (χ0n) is 6.88. The number of methoxy groups -OCH3 is 1. The third-order valence-electron chi connectivity index (χ3n) is 2.02. The second kappa shape index (κ2) is 4.15. The van der Waals surface area contributed by atoms with Crippen molar-refractivity contribution in [2.24, 2.45) is 0 Å². The summed E-state index contributed by atoms with van der Waals surface area (Å²) in [6, 6.07) is 0. The van der Waals surface area contributed by atoms with Crippen molar-refractivity contribution in [3.05, 3.63) is 0 Å². The number of hydrogen-bond donors (Lipinski definition) is 3. The van der Waals surface area contributed by atoms with Gasteiger partial charge in [0.05, 0.1) is 12.7 Å². The molecular formula is C7H14O5. The number of aliphatic hydroxyl groups excluding tert-OH is 3. The molecule has 3 N–H and O–H groups in total. The van der Waals surface area contributed by atoms with Crippen LogP contribution in [0.3, 0.4) is 0 Å². The summed E-state index contributed by atoms with van der Waals surface area (Å²) in [6.07, 6.45) is -2.77. The molecule has 5 nitrogen and oxygen atoms in total. The van der Waals surface area contributed by atoms with Gasteiger partial charge in [0.15, 0.2) is 6.29 Å². The number of rotatable bonds is 2. The van der Waals surface area contributed by atoms with Crippen molar-refractivity contribution < 1.29 is 24.8 Å². The zero-order valence-corrected chi connectivity index (χ0v) is 6.88. The molecule has 0 saturated carbocycles. The van der Waals surface area contributed by atoms with Crippen LogP contribution >= 0.6 is 0 Å². The fourth-order valence-corrected chi connectivity index (χ4v) is 1.24. The van der Waals surface area contributed by atoms with E-state index in [2.05, 4.69) is 0 Å². The third-order valence-corrected chi connectivity index (χ3v) is 2.02. The minimum absolute atomic E-state index is 0.281. The summed E-state index contributed by atoms with van der Waals surface area (Å²) < 4.78 is 9.73. The van der Waals surface area contributed by atoms with E-state index in [0.717, 1.165) is 0 Å². The van der Waals surface area contributed by atoms with Crippen LogP contribution in [0.25, 0.3) is 0 Å². The lowest BCUT2D eigenvalue weighted by molar-refractivity contribution is -0.256. The van der Waals surface area contributed by atoms with E-state index in [0.29, 0.717) is 0 Å². The maximum atomic E-state index is 9.31. The first-order chi connectivity index (χ1) is 5.69. The normalized spacial score (nSPS) is 43.0. The Morgan fingerprint density at radius 3 is 2.67 bits per heavy atom. The molecule has 1 fully saturated rings. The largest absolute Gasteiger partial charge is 0.394 e. The first kappa shape index (κ1) is 9.88. The number of hydrogen-bond acceptors (Lipinski definition) is 5. The molecule has 0 radical (unpaired) electrons. The lowest BCUT2D eigenvalue weighted by Gasteiger charge is -2.35. The van der Waals surface area contributed by atoms with Gasteiger partial charge in [-0.2, -0.15) is 0 Å². The summed E-state index contributed by atoms with van der Waals surface area (Å²) >= 11 is 0. The maximum absolute atomic E-state index is 9.31. The van der Waals surface area contributed by atoms with Crippen LogP contribution in [0.2, 0.25) is 0 Å². The van der Waals surface area contributed by atoms with Crippen molar-refractivity contribution in [2.45, 2.75) is 31.0 Å². The van der Waals surface area contributed by atoms with Crippen LogP contribution in [0.5, 0.6) is 0 Å². The Morgan fingerprint density at radius 2 is 2.17 bits per heavy atom. The summed E-state index contributed by atoms with van der Waals surface area (Å²) in [6.45, 7) is -0.297. The third kappa shape index (κ3) is 1.94. The molecule has 4 atom stereocenters. The average Bonchev–Trinajstić information content (AvgIpc) is 2.08. The fourth-order valence-electron chi connectivity index (χ4n) is 1.24. The highest BCUT2D eigenvalue weighted by atomic mass is 16.6. The molecule has 0 spiro atoms. The molecule has 0 aromatic carbocycles. The highest BCUT2D eigenvalue weighted by Gasteiger charge is 2.35. The van der Waals surface area contributed by atoms with Crippen LogP contribution in [-0.4, -0.2) is 53.6 Å². The molecule has 72 valence electrons. The molecule has 5 heteroatoms. The van der Waals surface area contributed by atoms with Crippen LogP contribution in [0.15, 0.2) is 0 Å². The Morgan fingerprint density at radius 1 is 1.50 bits per heavy atom. The Kier molecular flexibility index (Phi) is 3.42. The van der Waals surface area contributed by atoms with Crippen molar-refractivity contribution in [3.8, 4) is 0 Å². The molecule has 4 unspecified atom stereocenters. The van der Waals surface area contributed by atoms with Crippen molar-refractivity contribution in [3.63, 3.8) is 0 Å². The van der Waals surface area contributed by atoms with Gasteiger partial charge in [-0.25, -0.2) is 0 Å². The van der Waals surface area contributed by atoms with Gasteiger partial charge < -0.3 is 24.8 Å². The predicted octanol–water partition coefficient (Wildman–Crippen LogP) is -1.54. The van der Waals surface area contributed by atoms with Crippen LogP contribution in [-0.2, 0) is 9.47 Å². The van der Waals surface area contributed by atoms with E-state index in [9.17, 15) is 10.2 Å². The average molecular weight is 178 g/mol. The topological polar surface area (TPSA) is 79.2 Å². The van der Waals surface area contributed by atoms with Gasteiger partial charge >= 0.3 is 0 Å². The summed E-state index contributed by atoms with van der Waals surface area (Å²) in [5.74, 6) is 0. The maximum Gasteiger partial charge on any atom is 0.181 e. The van der Waals surface area contributed by atoms with Gasteiger partial charge in [0.2, 0.25) is 0 Å². The molecule has 0 amide bonds. The van der Waals surface area contributed by atoms with E-state index in [4.69, 9.17) is 14.6 Å². The van der Waals surface area contributed by atoms with E-state index in [1.54, 1.807) is 0 Å². The van der Waals surface area contributed by atoms with Crippen molar-refractivity contribution in [1.82, 2.24) is 0 Å². The highest BCUT2D eigenvalue weighted by molar-refractivity contribution is 4.80. The van der Waals surface area contributed by atoms with E-state index in [-0.39, 0.29) is 13.0 Å². The van der Waals surface area contributed by atoms with Crippen LogP contribution in [0, 0.1) is 0 Å². The predicted molar refractivity (Wildman–Crippen MR) is 39.4 cm³/mol. The Bertz CT molecular complexity index is 124. The van der Waals surface area contributed by atoms with Crippen LogP contribution in [0.1, 0.15) is 6.42 Å². The monoisotopic (exact) mass is 178 g/mol. The molecule has 1 rings (SSSR count). The van der Waals surface area contributed by atoms with Crippen LogP contribution in [0.4, 0.5) is 0 Å². The molecule has 12 heavy (non-hydrogen) atoms. The number of ether oxygens (including phenoxy) is 2. The summed E-state index contributed by atoms with van der Waals surface area (Å²) in [5.41, 5.74) is 0.